The van der Waals surface area contributed by atoms with Gasteiger partial charge >= 0.3 is 0 Å². The highest BCUT2D eigenvalue weighted by Gasteiger charge is 2.21. The molecule has 0 aliphatic heterocycles. The van der Waals surface area contributed by atoms with Crippen molar-refractivity contribution < 1.29 is 4.74 Å². The molecule has 3 nitrogen and oxygen atoms in total. The van der Waals surface area contributed by atoms with E-state index < -0.39 is 0 Å². The number of nitrogens with one attached hydrogen (secondary N) is 1. The first-order chi connectivity index (χ1) is 10.2. The van der Waals surface area contributed by atoms with E-state index in [2.05, 4.69) is 38.2 Å². The van der Waals surface area contributed by atoms with Crippen LogP contribution in [0.15, 0.2) is 30.3 Å². The number of ether oxygens (including phenoxy) is 1. The normalized spacial score (nSPS) is 14.1. The molecular formula is C17H24N2OS. The highest BCUT2D eigenvalue weighted by Crippen LogP contribution is 2.33. The highest BCUT2D eigenvalue weighted by molar-refractivity contribution is 7.12. The molecule has 1 aromatic heterocycles. The largest absolute Gasteiger partial charge is 0.370 e. The van der Waals surface area contributed by atoms with E-state index in [1.165, 1.54) is 4.88 Å². The van der Waals surface area contributed by atoms with Gasteiger partial charge in [-0.1, -0.05) is 37.3 Å². The Morgan fingerprint density at radius 2 is 2.00 bits per heavy atom. The molecule has 4 heteroatoms. The van der Waals surface area contributed by atoms with E-state index in [0.29, 0.717) is 6.04 Å². The van der Waals surface area contributed by atoms with Crippen LogP contribution in [-0.4, -0.2) is 18.6 Å². The van der Waals surface area contributed by atoms with Crippen molar-refractivity contribution in [3.63, 3.8) is 0 Å². The summed E-state index contributed by atoms with van der Waals surface area (Å²) in [6, 6.07) is 10.6. The van der Waals surface area contributed by atoms with Crippen LogP contribution in [0.1, 0.15) is 53.6 Å². The zero-order valence-corrected chi connectivity index (χ0v) is 14.0. The predicted molar refractivity (Wildman–Crippen MR) is 88.9 cm³/mol. The van der Waals surface area contributed by atoms with E-state index in [1.807, 2.05) is 18.2 Å². The summed E-state index contributed by atoms with van der Waals surface area (Å²) >= 11 is 1.75. The van der Waals surface area contributed by atoms with Crippen LogP contribution in [-0.2, 0) is 4.74 Å². The Morgan fingerprint density at radius 3 is 2.62 bits per heavy atom. The molecule has 0 bridgehead atoms. The molecule has 114 valence electrons. The summed E-state index contributed by atoms with van der Waals surface area (Å²) in [7, 11) is 1.74. The molecule has 0 saturated heterocycles. The van der Waals surface area contributed by atoms with Crippen LogP contribution in [0.4, 0.5) is 0 Å². The molecule has 21 heavy (non-hydrogen) atoms. The molecule has 0 amide bonds. The number of hydrogen-bond acceptors (Lipinski definition) is 4. The minimum atomic E-state index is -0.0815. The molecule has 2 aromatic rings. The molecule has 0 aliphatic rings. The minimum Gasteiger partial charge on any atom is -0.370 e. The van der Waals surface area contributed by atoms with Gasteiger partial charge in [-0.05, 0) is 32.4 Å². The molecule has 2 atom stereocenters. The maximum absolute atomic E-state index is 5.68. The number of benzene rings is 1. The number of rotatable bonds is 7. The quantitative estimate of drug-likeness (QED) is 0.830. The standard InChI is InChI=1S/C17H24N2OS/c1-5-11-18-12(2)16-13(3)19-17(21-16)15(20-4)14-9-7-6-8-10-14/h6-10,12,15,18H,5,11H2,1-4H3. The van der Waals surface area contributed by atoms with Gasteiger partial charge in [-0.2, -0.15) is 0 Å². The lowest BCUT2D eigenvalue weighted by Gasteiger charge is -2.13. The number of aromatic nitrogens is 1. The smallest absolute Gasteiger partial charge is 0.134 e. The van der Waals surface area contributed by atoms with Gasteiger partial charge in [0.1, 0.15) is 11.1 Å². The van der Waals surface area contributed by atoms with Gasteiger partial charge in [0, 0.05) is 18.0 Å². The average molecular weight is 304 g/mol. The van der Waals surface area contributed by atoms with Crippen molar-refractivity contribution in [1.29, 1.82) is 0 Å². The Balaban J connectivity index is 2.24. The summed E-state index contributed by atoms with van der Waals surface area (Å²) in [6.45, 7) is 7.49. The molecular weight excluding hydrogens is 280 g/mol. The van der Waals surface area contributed by atoms with E-state index in [1.54, 1.807) is 18.4 Å². The Bertz CT molecular complexity index is 553. The van der Waals surface area contributed by atoms with Crippen LogP contribution in [0, 0.1) is 6.92 Å². The first kappa shape index (κ1) is 16.1. The number of thiazole rings is 1. The van der Waals surface area contributed by atoms with Gasteiger partial charge in [-0.3, -0.25) is 0 Å². The van der Waals surface area contributed by atoms with Crippen molar-refractivity contribution in [1.82, 2.24) is 10.3 Å². The molecule has 1 N–H and O–H groups in total. The molecule has 0 radical (unpaired) electrons. The number of hydrogen-bond donors (Lipinski definition) is 1. The minimum absolute atomic E-state index is 0.0815. The second-order valence-corrected chi connectivity index (χ2v) is 6.27. The zero-order valence-electron chi connectivity index (χ0n) is 13.2. The van der Waals surface area contributed by atoms with Crippen LogP contribution in [0.5, 0.6) is 0 Å². The molecule has 1 aromatic carbocycles. The van der Waals surface area contributed by atoms with Gasteiger partial charge in [-0.25, -0.2) is 4.98 Å². The predicted octanol–water partition coefficient (Wildman–Crippen LogP) is 4.25. The lowest BCUT2D eigenvalue weighted by Crippen LogP contribution is -2.18. The van der Waals surface area contributed by atoms with E-state index in [4.69, 9.17) is 9.72 Å². The van der Waals surface area contributed by atoms with Crippen molar-refractivity contribution in [2.24, 2.45) is 0 Å². The Kier molecular flexibility index (Phi) is 5.91. The summed E-state index contributed by atoms with van der Waals surface area (Å²) in [5.74, 6) is 0. The summed E-state index contributed by atoms with van der Waals surface area (Å²) in [5, 5.41) is 4.56. The molecule has 0 aliphatic carbocycles. The fraction of sp³-hybridized carbons (Fsp3) is 0.471. The monoisotopic (exact) mass is 304 g/mol. The zero-order chi connectivity index (χ0) is 15.2. The molecule has 0 saturated carbocycles. The second-order valence-electron chi connectivity index (χ2n) is 5.20. The number of aryl methyl sites for hydroxylation is 1. The van der Waals surface area contributed by atoms with Crippen LogP contribution in [0.2, 0.25) is 0 Å². The third-order valence-corrected chi connectivity index (χ3v) is 4.89. The Hall–Kier alpha value is -1.23. The van der Waals surface area contributed by atoms with E-state index in [0.717, 1.165) is 29.2 Å². The van der Waals surface area contributed by atoms with E-state index >= 15 is 0 Å². The average Bonchev–Trinajstić information content (AvgIpc) is 2.88. The number of nitrogens with zero attached hydrogens (tertiary/aromatic N) is 1. The maximum Gasteiger partial charge on any atom is 0.134 e. The van der Waals surface area contributed by atoms with Gasteiger partial charge in [-0.15, -0.1) is 11.3 Å². The topological polar surface area (TPSA) is 34.1 Å². The van der Waals surface area contributed by atoms with Crippen molar-refractivity contribution in [3.05, 3.63) is 51.5 Å². The number of methoxy groups -OCH3 is 1. The highest BCUT2D eigenvalue weighted by atomic mass is 32.1. The van der Waals surface area contributed by atoms with Crippen LogP contribution in [0.3, 0.4) is 0 Å². The lowest BCUT2D eigenvalue weighted by atomic mass is 10.1. The Labute approximate surface area is 131 Å². The van der Waals surface area contributed by atoms with Gasteiger partial charge in [0.15, 0.2) is 0 Å². The molecule has 0 spiro atoms. The van der Waals surface area contributed by atoms with E-state index in [-0.39, 0.29) is 6.10 Å². The molecule has 2 rings (SSSR count). The maximum atomic E-state index is 5.68. The first-order valence-electron chi connectivity index (χ1n) is 7.45. The third-order valence-electron chi connectivity index (χ3n) is 3.51. The van der Waals surface area contributed by atoms with Gasteiger partial charge in [0.2, 0.25) is 0 Å². The van der Waals surface area contributed by atoms with Crippen LogP contribution < -0.4 is 5.32 Å². The lowest BCUT2D eigenvalue weighted by molar-refractivity contribution is 0.136. The van der Waals surface area contributed by atoms with Crippen molar-refractivity contribution in [2.75, 3.05) is 13.7 Å². The van der Waals surface area contributed by atoms with Crippen LogP contribution in [0.25, 0.3) is 0 Å². The second kappa shape index (κ2) is 7.69. The van der Waals surface area contributed by atoms with Gasteiger partial charge in [0.05, 0.1) is 5.69 Å². The Morgan fingerprint density at radius 1 is 1.29 bits per heavy atom. The van der Waals surface area contributed by atoms with Crippen molar-refractivity contribution in [2.45, 2.75) is 39.3 Å². The first-order valence-corrected chi connectivity index (χ1v) is 8.27. The third kappa shape index (κ3) is 3.90. The summed E-state index contributed by atoms with van der Waals surface area (Å²) in [5.41, 5.74) is 2.25. The summed E-state index contributed by atoms with van der Waals surface area (Å²) < 4.78 is 5.68. The van der Waals surface area contributed by atoms with E-state index in [9.17, 15) is 0 Å². The SMILES string of the molecule is CCCNC(C)c1sc(C(OC)c2ccccc2)nc1C. The summed E-state index contributed by atoms with van der Waals surface area (Å²) in [6.07, 6.45) is 1.06. The van der Waals surface area contributed by atoms with Gasteiger partial charge < -0.3 is 10.1 Å². The fourth-order valence-electron chi connectivity index (χ4n) is 2.40. The van der Waals surface area contributed by atoms with Gasteiger partial charge in [0.25, 0.3) is 0 Å². The van der Waals surface area contributed by atoms with Crippen molar-refractivity contribution >= 4 is 11.3 Å². The summed E-state index contributed by atoms with van der Waals surface area (Å²) in [4.78, 5) is 6.04. The van der Waals surface area contributed by atoms with Crippen LogP contribution >= 0.6 is 11.3 Å². The fourth-order valence-corrected chi connectivity index (χ4v) is 3.61. The van der Waals surface area contributed by atoms with Crippen molar-refractivity contribution in [3.8, 4) is 0 Å². The molecule has 1 heterocycles. The molecule has 0 fully saturated rings. The molecule has 2 unspecified atom stereocenters.